The number of ether oxygens (including phenoxy) is 2. The van der Waals surface area contributed by atoms with Gasteiger partial charge in [0.15, 0.2) is 5.96 Å². The van der Waals surface area contributed by atoms with Gasteiger partial charge in [0.1, 0.15) is 17.6 Å². The van der Waals surface area contributed by atoms with Crippen molar-refractivity contribution in [3.63, 3.8) is 0 Å². The van der Waals surface area contributed by atoms with E-state index in [1.165, 1.54) is 11.1 Å². The van der Waals surface area contributed by atoms with Crippen LogP contribution in [0.1, 0.15) is 18.1 Å². The van der Waals surface area contributed by atoms with E-state index in [1.807, 2.05) is 31.2 Å². The summed E-state index contributed by atoms with van der Waals surface area (Å²) in [5.74, 6) is 2.32. The maximum atomic E-state index is 5.95. The molecule has 0 amide bonds. The van der Waals surface area contributed by atoms with E-state index in [-0.39, 0.29) is 30.1 Å². The predicted molar refractivity (Wildman–Crippen MR) is 131 cm³/mol. The van der Waals surface area contributed by atoms with Crippen LogP contribution < -0.4 is 20.1 Å². The van der Waals surface area contributed by atoms with Crippen molar-refractivity contribution in [2.45, 2.75) is 26.1 Å². The van der Waals surface area contributed by atoms with E-state index >= 15 is 0 Å². The van der Waals surface area contributed by atoms with Gasteiger partial charge in [-0.1, -0.05) is 30.3 Å². The molecule has 160 valence electrons. The SMILES string of the molecule is CN=C(NCc1ccccc1CN(C)C)NCC(C)Oc1cccc(OC)c1.I. The van der Waals surface area contributed by atoms with Crippen LogP contribution in [0.3, 0.4) is 0 Å². The molecule has 7 heteroatoms. The second-order valence-electron chi connectivity index (χ2n) is 6.92. The third kappa shape index (κ3) is 8.91. The van der Waals surface area contributed by atoms with Crippen molar-refractivity contribution < 1.29 is 9.47 Å². The lowest BCUT2D eigenvalue weighted by molar-refractivity contribution is 0.223. The van der Waals surface area contributed by atoms with Crippen molar-refractivity contribution in [1.29, 1.82) is 0 Å². The Morgan fingerprint density at radius 1 is 1.03 bits per heavy atom. The first-order valence-corrected chi connectivity index (χ1v) is 9.48. The van der Waals surface area contributed by atoms with Crippen LogP contribution in [0.2, 0.25) is 0 Å². The summed E-state index contributed by atoms with van der Waals surface area (Å²) in [7, 11) is 7.58. The number of benzene rings is 2. The molecule has 0 saturated heterocycles. The molecule has 0 aliphatic rings. The molecule has 1 unspecified atom stereocenters. The minimum atomic E-state index is -0.0216. The zero-order valence-electron chi connectivity index (χ0n) is 17.9. The number of halogens is 1. The molecule has 0 saturated carbocycles. The second kappa shape index (κ2) is 13.3. The van der Waals surface area contributed by atoms with Gasteiger partial charge in [-0.25, -0.2) is 0 Å². The Labute approximate surface area is 191 Å². The predicted octanol–water partition coefficient (Wildman–Crippen LogP) is 3.51. The highest BCUT2D eigenvalue weighted by atomic mass is 127. The van der Waals surface area contributed by atoms with Gasteiger partial charge < -0.3 is 25.0 Å². The summed E-state index contributed by atoms with van der Waals surface area (Å²) < 4.78 is 11.2. The Hall–Kier alpha value is -2.00. The molecule has 6 nitrogen and oxygen atoms in total. The van der Waals surface area contributed by atoms with Crippen LogP contribution in [-0.2, 0) is 13.1 Å². The van der Waals surface area contributed by atoms with Crippen LogP contribution in [0.5, 0.6) is 11.5 Å². The highest BCUT2D eigenvalue weighted by Crippen LogP contribution is 2.19. The van der Waals surface area contributed by atoms with E-state index in [4.69, 9.17) is 9.47 Å². The first-order chi connectivity index (χ1) is 13.5. The van der Waals surface area contributed by atoms with Gasteiger partial charge >= 0.3 is 0 Å². The number of nitrogens with zero attached hydrogens (tertiary/aromatic N) is 2. The molecule has 1 atom stereocenters. The molecule has 2 aromatic rings. The minimum Gasteiger partial charge on any atom is -0.497 e. The van der Waals surface area contributed by atoms with E-state index in [9.17, 15) is 0 Å². The molecule has 0 bridgehead atoms. The largest absolute Gasteiger partial charge is 0.497 e. The highest BCUT2D eigenvalue weighted by Gasteiger charge is 2.08. The van der Waals surface area contributed by atoms with E-state index in [2.05, 4.69) is 58.9 Å². The summed E-state index contributed by atoms with van der Waals surface area (Å²) in [4.78, 5) is 6.48. The van der Waals surface area contributed by atoms with Crippen LogP contribution >= 0.6 is 24.0 Å². The summed E-state index contributed by atoms with van der Waals surface area (Å²) in [6, 6.07) is 16.1. The smallest absolute Gasteiger partial charge is 0.191 e. The van der Waals surface area contributed by atoms with E-state index in [1.54, 1.807) is 14.2 Å². The molecule has 2 rings (SSSR count). The van der Waals surface area contributed by atoms with Crippen LogP contribution in [0.4, 0.5) is 0 Å². The summed E-state index contributed by atoms with van der Waals surface area (Å²) in [5.41, 5.74) is 2.57. The molecule has 2 aromatic carbocycles. The zero-order valence-corrected chi connectivity index (χ0v) is 20.3. The molecule has 29 heavy (non-hydrogen) atoms. The number of guanidine groups is 1. The fraction of sp³-hybridized carbons (Fsp3) is 0.409. The van der Waals surface area contributed by atoms with Gasteiger partial charge in [0.2, 0.25) is 0 Å². The number of methoxy groups -OCH3 is 1. The lowest BCUT2D eigenvalue weighted by atomic mass is 10.1. The Morgan fingerprint density at radius 2 is 1.72 bits per heavy atom. The van der Waals surface area contributed by atoms with E-state index < -0.39 is 0 Å². The average Bonchev–Trinajstić information content (AvgIpc) is 2.69. The van der Waals surface area contributed by atoms with Gasteiger partial charge in [-0.05, 0) is 44.3 Å². The molecular formula is C22H33IN4O2. The molecule has 0 fully saturated rings. The van der Waals surface area contributed by atoms with E-state index in [0.29, 0.717) is 6.54 Å². The van der Waals surface area contributed by atoms with Gasteiger partial charge in [0.05, 0.1) is 13.7 Å². The van der Waals surface area contributed by atoms with Crippen molar-refractivity contribution in [2.75, 3.05) is 34.8 Å². The quantitative estimate of drug-likeness (QED) is 0.306. The minimum absolute atomic E-state index is 0. The normalized spacial score (nSPS) is 12.1. The Morgan fingerprint density at radius 3 is 2.38 bits per heavy atom. The zero-order chi connectivity index (χ0) is 20.4. The topological polar surface area (TPSA) is 58.1 Å². The maximum Gasteiger partial charge on any atom is 0.191 e. The fourth-order valence-electron chi connectivity index (χ4n) is 2.81. The molecular weight excluding hydrogens is 479 g/mol. The molecule has 0 aromatic heterocycles. The summed E-state index contributed by atoms with van der Waals surface area (Å²) in [5, 5.41) is 6.70. The lowest BCUT2D eigenvalue weighted by Gasteiger charge is -2.19. The lowest BCUT2D eigenvalue weighted by Crippen LogP contribution is -2.41. The van der Waals surface area contributed by atoms with E-state index in [0.717, 1.165) is 30.5 Å². The Balaban J connectivity index is 0.00000420. The molecule has 0 spiro atoms. The third-order valence-corrected chi connectivity index (χ3v) is 4.21. The Bertz CT molecular complexity index is 768. The average molecular weight is 512 g/mol. The molecule has 0 heterocycles. The van der Waals surface area contributed by atoms with Crippen LogP contribution in [0, 0.1) is 0 Å². The van der Waals surface area contributed by atoms with Gasteiger partial charge in [-0.3, -0.25) is 4.99 Å². The van der Waals surface area contributed by atoms with Gasteiger partial charge in [-0.15, -0.1) is 24.0 Å². The van der Waals surface area contributed by atoms with Crippen LogP contribution in [-0.4, -0.2) is 51.8 Å². The number of hydrogen-bond acceptors (Lipinski definition) is 4. The van der Waals surface area contributed by atoms with Crippen molar-refractivity contribution in [2.24, 2.45) is 4.99 Å². The molecule has 0 aliphatic carbocycles. The first kappa shape index (κ1) is 25.0. The molecule has 0 radical (unpaired) electrons. The number of hydrogen-bond donors (Lipinski definition) is 2. The van der Waals surface area contributed by atoms with Crippen LogP contribution in [0.15, 0.2) is 53.5 Å². The van der Waals surface area contributed by atoms with Crippen molar-refractivity contribution >= 4 is 29.9 Å². The standard InChI is InChI=1S/C22H32N4O2.HI/c1-17(28-21-12-8-11-20(13-21)27-5)14-24-22(23-2)25-15-18-9-6-7-10-19(18)16-26(3)4;/h6-13,17H,14-16H2,1-5H3,(H2,23,24,25);1H. The van der Waals surface area contributed by atoms with Crippen LogP contribution in [0.25, 0.3) is 0 Å². The summed E-state index contributed by atoms with van der Waals surface area (Å²) >= 11 is 0. The number of nitrogens with one attached hydrogen (secondary N) is 2. The van der Waals surface area contributed by atoms with Crippen molar-refractivity contribution in [3.8, 4) is 11.5 Å². The summed E-state index contributed by atoms with van der Waals surface area (Å²) in [6.07, 6.45) is -0.0216. The van der Waals surface area contributed by atoms with Crippen molar-refractivity contribution in [1.82, 2.24) is 15.5 Å². The van der Waals surface area contributed by atoms with Crippen molar-refractivity contribution in [3.05, 3.63) is 59.7 Å². The van der Waals surface area contributed by atoms with Gasteiger partial charge in [0.25, 0.3) is 0 Å². The summed E-state index contributed by atoms with van der Waals surface area (Å²) in [6.45, 7) is 4.28. The Kier molecular flexibility index (Phi) is 11.5. The van der Waals surface area contributed by atoms with Gasteiger partial charge in [0, 0.05) is 26.2 Å². The maximum absolute atomic E-state index is 5.95. The molecule has 0 aliphatic heterocycles. The first-order valence-electron chi connectivity index (χ1n) is 9.48. The third-order valence-electron chi connectivity index (χ3n) is 4.21. The second-order valence-corrected chi connectivity index (χ2v) is 6.92. The van der Waals surface area contributed by atoms with Gasteiger partial charge in [-0.2, -0.15) is 0 Å². The number of aliphatic imine (C=N–C) groups is 1. The monoisotopic (exact) mass is 512 g/mol. The number of rotatable bonds is 9. The fourth-order valence-corrected chi connectivity index (χ4v) is 2.81. The highest BCUT2D eigenvalue weighted by molar-refractivity contribution is 14.0. The molecule has 2 N–H and O–H groups in total.